The van der Waals surface area contributed by atoms with E-state index in [-0.39, 0.29) is 5.78 Å². The summed E-state index contributed by atoms with van der Waals surface area (Å²) in [5, 5.41) is 0. The molecular formula is C19H16O2. The number of carbonyl (C=O) groups is 1. The van der Waals surface area contributed by atoms with Crippen LogP contribution in [0.3, 0.4) is 0 Å². The quantitative estimate of drug-likeness (QED) is 0.790. The monoisotopic (exact) mass is 276 g/mol. The molecule has 0 spiro atoms. The first-order valence-corrected chi connectivity index (χ1v) is 6.92. The standard InChI is InChI=1S/C19H16O2/c1-21-18-12-5-3-7-14(18)9-6-10-16-13-15-8-2-4-11-17(15)19(16)20/h2-12H,13H2,1H3/b9-6+,16-10+. The fraction of sp³-hybridized carbons (Fsp3) is 0.105. The fourth-order valence-electron chi connectivity index (χ4n) is 2.56. The molecule has 1 aliphatic carbocycles. The zero-order chi connectivity index (χ0) is 14.7. The molecule has 0 aliphatic heterocycles. The third-order valence-corrected chi connectivity index (χ3v) is 3.65. The van der Waals surface area contributed by atoms with Crippen molar-refractivity contribution >= 4 is 11.9 Å². The van der Waals surface area contributed by atoms with E-state index in [0.717, 1.165) is 28.0 Å². The fourth-order valence-corrected chi connectivity index (χ4v) is 2.56. The second-order valence-electron chi connectivity index (χ2n) is 4.96. The average Bonchev–Trinajstić information content (AvgIpc) is 2.85. The number of fused-ring (bicyclic) bond motifs is 1. The van der Waals surface area contributed by atoms with Crippen molar-refractivity contribution in [2.45, 2.75) is 6.42 Å². The van der Waals surface area contributed by atoms with Crippen LogP contribution < -0.4 is 4.74 Å². The second kappa shape index (κ2) is 5.80. The van der Waals surface area contributed by atoms with Gasteiger partial charge in [-0.2, -0.15) is 0 Å². The van der Waals surface area contributed by atoms with Gasteiger partial charge in [-0.25, -0.2) is 0 Å². The maximum absolute atomic E-state index is 12.2. The van der Waals surface area contributed by atoms with Gasteiger partial charge in [-0.1, -0.05) is 60.7 Å². The first-order chi connectivity index (χ1) is 10.3. The summed E-state index contributed by atoms with van der Waals surface area (Å²) in [6.45, 7) is 0. The Morgan fingerprint density at radius 3 is 2.62 bits per heavy atom. The summed E-state index contributed by atoms with van der Waals surface area (Å²) in [5.41, 5.74) is 3.77. The molecule has 0 heterocycles. The van der Waals surface area contributed by atoms with E-state index in [1.54, 1.807) is 7.11 Å². The average molecular weight is 276 g/mol. The smallest absolute Gasteiger partial charge is 0.189 e. The highest BCUT2D eigenvalue weighted by Gasteiger charge is 2.23. The SMILES string of the molecule is COc1ccccc1/C=C/C=C1\Cc2ccccc2C1=O. The number of rotatable bonds is 3. The third-order valence-electron chi connectivity index (χ3n) is 3.65. The van der Waals surface area contributed by atoms with Crippen LogP contribution in [0.2, 0.25) is 0 Å². The largest absolute Gasteiger partial charge is 0.496 e. The minimum Gasteiger partial charge on any atom is -0.496 e. The molecule has 0 bridgehead atoms. The Labute approximate surface area is 124 Å². The predicted octanol–water partition coefficient (Wildman–Crippen LogP) is 4.07. The Balaban J connectivity index is 1.82. The van der Waals surface area contributed by atoms with Crippen LogP contribution in [0.4, 0.5) is 0 Å². The number of allylic oxidation sites excluding steroid dienone is 3. The molecule has 0 unspecified atom stereocenters. The van der Waals surface area contributed by atoms with E-state index in [0.29, 0.717) is 6.42 Å². The highest BCUT2D eigenvalue weighted by molar-refractivity contribution is 6.13. The maximum Gasteiger partial charge on any atom is 0.189 e. The molecule has 2 aromatic rings. The lowest BCUT2D eigenvalue weighted by Gasteiger charge is -2.02. The van der Waals surface area contributed by atoms with E-state index in [1.807, 2.05) is 66.8 Å². The Kier molecular flexibility index (Phi) is 3.69. The summed E-state index contributed by atoms with van der Waals surface area (Å²) >= 11 is 0. The lowest BCUT2D eigenvalue weighted by Crippen LogP contribution is -1.94. The van der Waals surface area contributed by atoms with E-state index < -0.39 is 0 Å². The van der Waals surface area contributed by atoms with Gasteiger partial charge in [0.25, 0.3) is 0 Å². The van der Waals surface area contributed by atoms with Crippen LogP contribution in [0.5, 0.6) is 5.75 Å². The van der Waals surface area contributed by atoms with Crippen LogP contribution in [0.15, 0.2) is 66.3 Å². The van der Waals surface area contributed by atoms with Crippen molar-refractivity contribution < 1.29 is 9.53 Å². The number of ether oxygens (including phenoxy) is 1. The zero-order valence-electron chi connectivity index (χ0n) is 11.9. The molecule has 0 atom stereocenters. The Bertz CT molecular complexity index is 739. The highest BCUT2D eigenvalue weighted by atomic mass is 16.5. The van der Waals surface area contributed by atoms with Gasteiger partial charge < -0.3 is 4.74 Å². The summed E-state index contributed by atoms with van der Waals surface area (Å²) in [6.07, 6.45) is 6.49. The number of benzene rings is 2. The van der Waals surface area contributed by atoms with Gasteiger partial charge in [0.05, 0.1) is 7.11 Å². The zero-order valence-corrected chi connectivity index (χ0v) is 11.9. The van der Waals surface area contributed by atoms with Crippen molar-refractivity contribution in [1.82, 2.24) is 0 Å². The predicted molar refractivity (Wildman–Crippen MR) is 84.6 cm³/mol. The summed E-state index contributed by atoms with van der Waals surface area (Å²) in [5.74, 6) is 0.962. The number of hydrogen-bond acceptors (Lipinski definition) is 2. The minimum absolute atomic E-state index is 0.135. The molecule has 2 aromatic carbocycles. The molecule has 0 N–H and O–H groups in total. The van der Waals surface area contributed by atoms with Crippen LogP contribution in [0.25, 0.3) is 6.08 Å². The van der Waals surface area contributed by atoms with Crippen molar-refractivity contribution in [2.75, 3.05) is 7.11 Å². The van der Waals surface area contributed by atoms with Gasteiger partial charge >= 0.3 is 0 Å². The summed E-state index contributed by atoms with van der Waals surface area (Å²) in [7, 11) is 1.66. The molecule has 3 rings (SSSR count). The minimum atomic E-state index is 0.135. The molecule has 0 amide bonds. The summed E-state index contributed by atoms with van der Waals surface area (Å²) < 4.78 is 5.30. The number of methoxy groups -OCH3 is 1. The Hall–Kier alpha value is -2.61. The molecule has 0 fully saturated rings. The van der Waals surface area contributed by atoms with E-state index in [2.05, 4.69) is 0 Å². The van der Waals surface area contributed by atoms with Gasteiger partial charge in [-0.3, -0.25) is 4.79 Å². The van der Waals surface area contributed by atoms with Gasteiger partial charge in [0, 0.05) is 23.1 Å². The summed E-state index contributed by atoms with van der Waals surface area (Å²) in [4.78, 5) is 12.2. The molecule has 2 nitrogen and oxygen atoms in total. The van der Waals surface area contributed by atoms with Crippen LogP contribution in [0.1, 0.15) is 21.5 Å². The number of para-hydroxylation sites is 1. The van der Waals surface area contributed by atoms with Gasteiger partial charge in [-0.15, -0.1) is 0 Å². The molecule has 104 valence electrons. The molecule has 0 saturated carbocycles. The van der Waals surface area contributed by atoms with Crippen LogP contribution in [0, 0.1) is 0 Å². The second-order valence-corrected chi connectivity index (χ2v) is 4.96. The number of carbonyl (C=O) groups excluding carboxylic acids is 1. The molecule has 0 saturated heterocycles. The Morgan fingerprint density at radius 2 is 1.81 bits per heavy atom. The van der Waals surface area contributed by atoms with E-state index >= 15 is 0 Å². The summed E-state index contributed by atoms with van der Waals surface area (Å²) in [6, 6.07) is 15.6. The van der Waals surface area contributed by atoms with Crippen molar-refractivity contribution in [1.29, 1.82) is 0 Å². The molecular weight excluding hydrogens is 260 g/mol. The van der Waals surface area contributed by atoms with Crippen molar-refractivity contribution in [3.8, 4) is 5.75 Å². The van der Waals surface area contributed by atoms with Gasteiger partial charge in [0.15, 0.2) is 5.78 Å². The number of Topliss-reactive ketones (excluding diaryl/α,β-unsaturated/α-hetero) is 1. The van der Waals surface area contributed by atoms with E-state index in [1.165, 1.54) is 0 Å². The van der Waals surface area contributed by atoms with Crippen molar-refractivity contribution in [3.05, 3.63) is 82.9 Å². The Morgan fingerprint density at radius 1 is 1.05 bits per heavy atom. The number of ketones is 1. The lowest BCUT2D eigenvalue weighted by molar-refractivity contribution is 0.103. The van der Waals surface area contributed by atoms with Gasteiger partial charge in [0.1, 0.15) is 5.75 Å². The lowest BCUT2D eigenvalue weighted by atomic mass is 10.1. The van der Waals surface area contributed by atoms with Crippen LogP contribution >= 0.6 is 0 Å². The maximum atomic E-state index is 12.2. The van der Waals surface area contributed by atoms with Crippen LogP contribution in [-0.2, 0) is 6.42 Å². The highest BCUT2D eigenvalue weighted by Crippen LogP contribution is 2.26. The molecule has 0 radical (unpaired) electrons. The van der Waals surface area contributed by atoms with Crippen molar-refractivity contribution in [3.63, 3.8) is 0 Å². The van der Waals surface area contributed by atoms with Gasteiger partial charge in [-0.05, 0) is 11.6 Å². The van der Waals surface area contributed by atoms with Gasteiger partial charge in [0.2, 0.25) is 0 Å². The molecule has 1 aliphatic rings. The number of hydrogen-bond donors (Lipinski definition) is 0. The van der Waals surface area contributed by atoms with E-state index in [4.69, 9.17) is 4.74 Å². The molecule has 21 heavy (non-hydrogen) atoms. The molecule has 2 heteroatoms. The first kappa shape index (κ1) is 13.4. The third kappa shape index (κ3) is 2.65. The van der Waals surface area contributed by atoms with Crippen LogP contribution in [-0.4, -0.2) is 12.9 Å². The first-order valence-electron chi connectivity index (χ1n) is 6.92. The topological polar surface area (TPSA) is 26.3 Å². The van der Waals surface area contributed by atoms with Crippen molar-refractivity contribution in [2.24, 2.45) is 0 Å². The molecule has 0 aromatic heterocycles. The van der Waals surface area contributed by atoms with E-state index in [9.17, 15) is 4.79 Å². The normalized spacial score (nSPS) is 15.7.